The van der Waals surface area contributed by atoms with E-state index in [4.69, 9.17) is 4.42 Å². The van der Waals surface area contributed by atoms with E-state index >= 15 is 0 Å². The third-order valence-corrected chi connectivity index (χ3v) is 4.72. The highest BCUT2D eigenvalue weighted by Gasteiger charge is 2.22. The Labute approximate surface area is 152 Å². The molecule has 1 saturated heterocycles. The first-order valence-electron chi connectivity index (χ1n) is 8.95. The summed E-state index contributed by atoms with van der Waals surface area (Å²) in [4.78, 5) is 16.7. The third kappa shape index (κ3) is 3.55. The zero-order chi connectivity index (χ0) is 17.8. The molecule has 6 heteroatoms. The summed E-state index contributed by atoms with van der Waals surface area (Å²) in [5, 5.41) is 4.47. The molecule has 1 aliphatic rings. The average Bonchev–Trinajstić information content (AvgIpc) is 3.31. The van der Waals surface area contributed by atoms with Crippen LogP contribution in [0.3, 0.4) is 0 Å². The Hall–Kier alpha value is -2.86. The number of amides is 1. The number of para-hydroxylation sites is 1. The van der Waals surface area contributed by atoms with E-state index in [1.54, 1.807) is 18.4 Å². The van der Waals surface area contributed by atoms with E-state index in [1.165, 1.54) is 0 Å². The number of benzene rings is 1. The maximum absolute atomic E-state index is 12.5. The second kappa shape index (κ2) is 7.58. The van der Waals surface area contributed by atoms with Crippen LogP contribution in [-0.4, -0.2) is 51.7 Å². The molecule has 0 aliphatic carbocycles. The van der Waals surface area contributed by atoms with Crippen LogP contribution < -0.4 is 0 Å². The van der Waals surface area contributed by atoms with Crippen LogP contribution in [0, 0.1) is 0 Å². The monoisotopic (exact) mass is 350 g/mol. The van der Waals surface area contributed by atoms with Crippen LogP contribution in [0.15, 0.2) is 65.4 Å². The number of hydrogen-bond donors (Lipinski definition) is 0. The molecule has 26 heavy (non-hydrogen) atoms. The summed E-state index contributed by atoms with van der Waals surface area (Å²) >= 11 is 0. The smallest absolute Gasteiger partial charge is 0.289 e. The fraction of sp³-hybridized carbons (Fsp3) is 0.300. The second-order valence-corrected chi connectivity index (χ2v) is 6.47. The van der Waals surface area contributed by atoms with Crippen LogP contribution in [0.5, 0.6) is 0 Å². The minimum atomic E-state index is -0.0221. The SMILES string of the molecule is O=C(c1ccco1)N1CCCN(Cc2ccnn2-c2ccccc2)CC1. The standard InChI is InChI=1S/C20H22N4O2/c25-20(19-8-4-15-26-19)23-12-5-11-22(13-14-23)16-18-9-10-21-24(18)17-6-2-1-3-7-17/h1-4,6-10,15H,5,11-14,16H2. The summed E-state index contributed by atoms with van der Waals surface area (Å²) in [5.74, 6) is 0.395. The molecule has 0 radical (unpaired) electrons. The molecule has 0 N–H and O–H groups in total. The zero-order valence-electron chi connectivity index (χ0n) is 14.6. The molecule has 1 fully saturated rings. The van der Waals surface area contributed by atoms with Crippen LogP contribution >= 0.6 is 0 Å². The van der Waals surface area contributed by atoms with E-state index in [0.717, 1.165) is 44.0 Å². The van der Waals surface area contributed by atoms with Crippen LogP contribution in [-0.2, 0) is 6.54 Å². The zero-order valence-corrected chi connectivity index (χ0v) is 14.6. The molecule has 0 saturated carbocycles. The van der Waals surface area contributed by atoms with Crippen LogP contribution in [0.2, 0.25) is 0 Å². The average molecular weight is 350 g/mol. The van der Waals surface area contributed by atoms with Gasteiger partial charge >= 0.3 is 0 Å². The minimum absolute atomic E-state index is 0.0221. The van der Waals surface area contributed by atoms with Gasteiger partial charge in [-0.3, -0.25) is 9.69 Å². The summed E-state index contributed by atoms with van der Waals surface area (Å²) in [6.07, 6.45) is 4.33. The maximum Gasteiger partial charge on any atom is 0.289 e. The lowest BCUT2D eigenvalue weighted by molar-refractivity contribution is 0.0729. The summed E-state index contributed by atoms with van der Waals surface area (Å²) in [6.45, 7) is 4.08. The van der Waals surface area contributed by atoms with Crippen LogP contribution in [0.4, 0.5) is 0 Å². The van der Waals surface area contributed by atoms with Crippen molar-refractivity contribution in [3.63, 3.8) is 0 Å². The quantitative estimate of drug-likeness (QED) is 0.726. The first-order chi connectivity index (χ1) is 12.8. The topological polar surface area (TPSA) is 54.5 Å². The normalized spacial score (nSPS) is 15.8. The number of rotatable bonds is 4. The lowest BCUT2D eigenvalue weighted by Crippen LogP contribution is -2.35. The molecule has 3 aromatic rings. The first-order valence-corrected chi connectivity index (χ1v) is 8.95. The lowest BCUT2D eigenvalue weighted by atomic mass is 10.3. The van der Waals surface area contributed by atoms with Gasteiger partial charge in [-0.25, -0.2) is 4.68 Å². The molecule has 6 nitrogen and oxygen atoms in total. The van der Waals surface area contributed by atoms with Crippen molar-refractivity contribution >= 4 is 5.91 Å². The van der Waals surface area contributed by atoms with E-state index in [2.05, 4.69) is 28.2 Å². The summed E-state index contributed by atoms with van der Waals surface area (Å²) in [5.41, 5.74) is 2.22. The van der Waals surface area contributed by atoms with Crippen molar-refractivity contribution < 1.29 is 9.21 Å². The Balaban J connectivity index is 1.42. The fourth-order valence-electron chi connectivity index (χ4n) is 3.37. The highest BCUT2D eigenvalue weighted by atomic mass is 16.3. The van der Waals surface area contributed by atoms with Crippen molar-refractivity contribution in [2.45, 2.75) is 13.0 Å². The molecule has 1 aliphatic heterocycles. The summed E-state index contributed by atoms with van der Waals surface area (Å²) < 4.78 is 7.23. The predicted octanol–water partition coefficient (Wildman–Crippen LogP) is 2.81. The number of hydrogen-bond acceptors (Lipinski definition) is 4. The van der Waals surface area contributed by atoms with Crippen LogP contribution in [0.1, 0.15) is 22.7 Å². The molecule has 1 amide bonds. The molecule has 134 valence electrons. The lowest BCUT2D eigenvalue weighted by Gasteiger charge is -2.21. The maximum atomic E-state index is 12.5. The van der Waals surface area contributed by atoms with E-state index in [1.807, 2.05) is 34.0 Å². The Morgan fingerprint density at radius 3 is 2.69 bits per heavy atom. The van der Waals surface area contributed by atoms with Crippen molar-refractivity contribution in [1.29, 1.82) is 0 Å². The molecule has 0 atom stereocenters. The molecule has 3 heterocycles. The van der Waals surface area contributed by atoms with Gasteiger partial charge in [-0.2, -0.15) is 5.10 Å². The van der Waals surface area contributed by atoms with Crippen molar-refractivity contribution in [2.75, 3.05) is 26.2 Å². The minimum Gasteiger partial charge on any atom is -0.459 e. The number of furan rings is 1. The van der Waals surface area contributed by atoms with Gasteiger partial charge in [-0.15, -0.1) is 0 Å². The number of carbonyl (C=O) groups is 1. The molecule has 0 bridgehead atoms. The summed E-state index contributed by atoms with van der Waals surface area (Å²) in [6, 6.07) is 15.7. The van der Waals surface area contributed by atoms with E-state index in [0.29, 0.717) is 12.3 Å². The largest absolute Gasteiger partial charge is 0.459 e. The highest BCUT2D eigenvalue weighted by molar-refractivity contribution is 5.91. The molecule has 0 spiro atoms. The van der Waals surface area contributed by atoms with Gasteiger partial charge in [-0.1, -0.05) is 18.2 Å². The van der Waals surface area contributed by atoms with Gasteiger partial charge < -0.3 is 9.32 Å². The first kappa shape index (κ1) is 16.6. The van der Waals surface area contributed by atoms with E-state index in [9.17, 15) is 4.79 Å². The molecule has 2 aromatic heterocycles. The molecule has 4 rings (SSSR count). The molecule has 1 aromatic carbocycles. The Kier molecular flexibility index (Phi) is 4.84. The van der Waals surface area contributed by atoms with Gasteiger partial charge in [0.2, 0.25) is 0 Å². The Morgan fingerprint density at radius 1 is 1.00 bits per heavy atom. The van der Waals surface area contributed by atoms with Crippen molar-refractivity contribution in [3.8, 4) is 5.69 Å². The predicted molar refractivity (Wildman–Crippen MR) is 98.1 cm³/mol. The van der Waals surface area contributed by atoms with Crippen molar-refractivity contribution in [2.24, 2.45) is 0 Å². The van der Waals surface area contributed by atoms with Gasteiger partial charge in [0.1, 0.15) is 0 Å². The van der Waals surface area contributed by atoms with Gasteiger partial charge in [0.15, 0.2) is 5.76 Å². The molecular weight excluding hydrogens is 328 g/mol. The third-order valence-electron chi connectivity index (χ3n) is 4.72. The Morgan fingerprint density at radius 2 is 1.88 bits per heavy atom. The number of nitrogens with zero attached hydrogens (tertiary/aromatic N) is 4. The van der Waals surface area contributed by atoms with Gasteiger partial charge in [0.25, 0.3) is 5.91 Å². The van der Waals surface area contributed by atoms with E-state index in [-0.39, 0.29) is 5.91 Å². The Bertz CT molecular complexity index is 842. The number of aromatic nitrogens is 2. The second-order valence-electron chi connectivity index (χ2n) is 6.47. The van der Waals surface area contributed by atoms with Crippen LogP contribution in [0.25, 0.3) is 5.69 Å². The van der Waals surface area contributed by atoms with Gasteiger partial charge in [0, 0.05) is 38.9 Å². The molecular formula is C20H22N4O2. The van der Waals surface area contributed by atoms with Crippen molar-refractivity contribution in [1.82, 2.24) is 19.6 Å². The highest BCUT2D eigenvalue weighted by Crippen LogP contribution is 2.15. The number of carbonyl (C=O) groups excluding carboxylic acids is 1. The molecule has 0 unspecified atom stereocenters. The van der Waals surface area contributed by atoms with E-state index < -0.39 is 0 Å². The summed E-state index contributed by atoms with van der Waals surface area (Å²) in [7, 11) is 0. The van der Waals surface area contributed by atoms with Crippen molar-refractivity contribution in [3.05, 3.63) is 72.4 Å². The fourth-order valence-corrected chi connectivity index (χ4v) is 3.37. The van der Waals surface area contributed by atoms with Gasteiger partial charge in [0.05, 0.1) is 17.6 Å². The van der Waals surface area contributed by atoms with Gasteiger partial charge in [-0.05, 0) is 36.8 Å².